The minimum atomic E-state index is -0.555. The zero-order valence-corrected chi connectivity index (χ0v) is 29.3. The van der Waals surface area contributed by atoms with Crippen molar-refractivity contribution in [3.05, 3.63) is 119 Å². The number of nitrogens with one attached hydrogen (secondary N) is 2. The van der Waals surface area contributed by atoms with Gasteiger partial charge in [-0.3, -0.25) is 9.59 Å². The van der Waals surface area contributed by atoms with E-state index in [1.807, 2.05) is 78.9 Å². The molecule has 50 heavy (non-hydrogen) atoms. The summed E-state index contributed by atoms with van der Waals surface area (Å²) in [7, 11) is 1.68. The van der Waals surface area contributed by atoms with E-state index >= 15 is 0 Å². The summed E-state index contributed by atoms with van der Waals surface area (Å²) in [4.78, 5) is 25.8. The average Bonchev–Trinajstić information content (AvgIpc) is 3.15. The Balaban J connectivity index is 1.07. The number of carbonyl (C=O) groups is 2. The number of para-hydroxylation sites is 3. The van der Waals surface area contributed by atoms with Gasteiger partial charge in [-0.1, -0.05) is 85.6 Å². The lowest BCUT2D eigenvalue weighted by molar-refractivity contribution is -0.245. The number of anilines is 2. The maximum atomic E-state index is 12.5. The second kappa shape index (κ2) is 19.2. The lowest BCUT2D eigenvalue weighted by atomic mass is 10.0. The normalized spacial score (nSPS) is 17.2. The molecular weight excluding hydrogens is 651 g/mol. The third kappa shape index (κ3) is 11.1. The molecule has 0 aromatic heterocycles. The van der Waals surface area contributed by atoms with Crippen LogP contribution in [-0.2, 0) is 32.2 Å². The number of aliphatic hydroxyl groups excluding tert-OH is 1. The Morgan fingerprint density at radius 2 is 1.48 bits per heavy atom. The monoisotopic (exact) mass is 697 g/mol. The van der Waals surface area contributed by atoms with Crippen molar-refractivity contribution < 1.29 is 28.9 Å². The third-order valence-corrected chi connectivity index (χ3v) is 9.83. The summed E-state index contributed by atoms with van der Waals surface area (Å²) in [5.41, 5.74) is 10.9. The van der Waals surface area contributed by atoms with E-state index in [9.17, 15) is 14.7 Å². The molecule has 1 fully saturated rings. The van der Waals surface area contributed by atoms with Crippen LogP contribution in [0.3, 0.4) is 0 Å². The summed E-state index contributed by atoms with van der Waals surface area (Å²) in [5.74, 6) is 1.53. The molecule has 264 valence electrons. The van der Waals surface area contributed by atoms with Crippen molar-refractivity contribution in [1.29, 1.82) is 0 Å². The molecule has 10 heteroatoms. The van der Waals surface area contributed by atoms with Gasteiger partial charge in [-0.2, -0.15) is 0 Å². The van der Waals surface area contributed by atoms with Gasteiger partial charge >= 0.3 is 0 Å². The van der Waals surface area contributed by atoms with Crippen LogP contribution in [0.15, 0.2) is 102 Å². The Labute approximate surface area is 298 Å². The van der Waals surface area contributed by atoms with Crippen molar-refractivity contribution in [3.8, 4) is 5.75 Å². The Morgan fingerprint density at radius 1 is 0.820 bits per heavy atom. The fourth-order valence-corrected chi connectivity index (χ4v) is 6.82. The Hall–Kier alpha value is -4.35. The van der Waals surface area contributed by atoms with Crippen LogP contribution in [0.5, 0.6) is 5.75 Å². The predicted octanol–water partition coefficient (Wildman–Crippen LogP) is 7.70. The molecule has 0 spiro atoms. The lowest BCUT2D eigenvalue weighted by Gasteiger charge is -2.36. The van der Waals surface area contributed by atoms with Gasteiger partial charge in [0.25, 0.3) is 0 Å². The summed E-state index contributed by atoms with van der Waals surface area (Å²) in [5, 5.41) is 15.4. The highest BCUT2D eigenvalue weighted by Gasteiger charge is 2.32. The molecule has 1 aliphatic rings. The van der Waals surface area contributed by atoms with E-state index in [0.29, 0.717) is 37.2 Å². The van der Waals surface area contributed by atoms with Gasteiger partial charge < -0.3 is 35.7 Å². The van der Waals surface area contributed by atoms with E-state index in [2.05, 4.69) is 16.7 Å². The number of thioether (sulfide) groups is 1. The molecule has 0 radical (unpaired) electrons. The summed E-state index contributed by atoms with van der Waals surface area (Å²) in [6.07, 6.45) is 4.07. The third-order valence-electron chi connectivity index (χ3n) is 8.64. The molecule has 2 amide bonds. The molecule has 0 bridgehead atoms. The Morgan fingerprint density at radius 3 is 2.20 bits per heavy atom. The van der Waals surface area contributed by atoms with Gasteiger partial charge in [0.2, 0.25) is 11.8 Å². The smallest absolute Gasteiger partial charge is 0.224 e. The highest BCUT2D eigenvalue weighted by Crippen LogP contribution is 2.40. The molecule has 4 aromatic rings. The van der Waals surface area contributed by atoms with E-state index in [1.165, 1.54) is 0 Å². The Bertz CT molecular complexity index is 1670. The van der Waals surface area contributed by atoms with Crippen molar-refractivity contribution >= 4 is 35.0 Å². The van der Waals surface area contributed by atoms with E-state index in [0.717, 1.165) is 64.3 Å². The van der Waals surface area contributed by atoms with E-state index < -0.39 is 6.29 Å². The van der Waals surface area contributed by atoms with Crippen molar-refractivity contribution in [3.63, 3.8) is 0 Å². The number of aliphatic hydroxyl groups is 1. The van der Waals surface area contributed by atoms with Crippen LogP contribution in [0.25, 0.3) is 0 Å². The van der Waals surface area contributed by atoms with Gasteiger partial charge in [0.1, 0.15) is 5.75 Å². The number of rotatable bonds is 17. The second-order valence-corrected chi connectivity index (χ2v) is 13.4. The maximum absolute atomic E-state index is 12.5. The second-order valence-electron chi connectivity index (χ2n) is 12.4. The fraction of sp³-hybridized carbons (Fsp3) is 0.350. The van der Waals surface area contributed by atoms with Crippen molar-refractivity contribution in [2.24, 2.45) is 0 Å². The van der Waals surface area contributed by atoms with E-state index in [1.54, 1.807) is 31.0 Å². The van der Waals surface area contributed by atoms with E-state index in [-0.39, 0.29) is 30.6 Å². The van der Waals surface area contributed by atoms with Crippen molar-refractivity contribution in [2.75, 3.05) is 23.9 Å². The largest absolute Gasteiger partial charge is 0.496 e. The highest BCUT2D eigenvalue weighted by molar-refractivity contribution is 7.99. The molecule has 0 aliphatic carbocycles. The standard InChI is InChI=1S/C40H47N3O6S/c1-47-35-12-8-9-13-37(35)50-27-32-24-36(30-20-18-29(26-44)19-21-30)49-40(48-32)31-22-16-28(17-23-31)25-42-38(45)14-4-2-3-5-15-39(46)43-34-11-7-6-10-33(34)41/h6-13,16-23,32,36,40,44H,2-5,14-15,24-27,41H2,1H3,(H,42,45)(H,43,46)/t32-,36+,40+/m1/s1. The van der Waals surface area contributed by atoms with E-state index in [4.69, 9.17) is 19.9 Å². The van der Waals surface area contributed by atoms with Gasteiger partial charge in [-0.15, -0.1) is 11.8 Å². The minimum Gasteiger partial charge on any atom is -0.496 e. The molecule has 1 saturated heterocycles. The first-order valence-electron chi connectivity index (χ1n) is 17.2. The van der Waals surface area contributed by atoms with Crippen LogP contribution in [0.1, 0.15) is 79.6 Å². The number of unbranched alkanes of at least 4 members (excludes halogenated alkanes) is 3. The number of amides is 2. The van der Waals surface area contributed by atoms with Crippen molar-refractivity contribution in [1.82, 2.24) is 5.32 Å². The maximum Gasteiger partial charge on any atom is 0.224 e. The van der Waals surface area contributed by atoms with Crippen LogP contribution < -0.4 is 21.1 Å². The number of nitrogen functional groups attached to an aromatic ring is 1. The summed E-state index contributed by atoms with van der Waals surface area (Å²) < 4.78 is 18.5. The Kier molecular flexibility index (Phi) is 14.1. The van der Waals surface area contributed by atoms with Crippen LogP contribution in [0.4, 0.5) is 11.4 Å². The number of benzene rings is 4. The van der Waals surface area contributed by atoms with Crippen LogP contribution >= 0.6 is 11.8 Å². The topological polar surface area (TPSA) is 132 Å². The number of carbonyl (C=O) groups excluding carboxylic acids is 2. The zero-order chi connectivity index (χ0) is 35.1. The molecule has 5 rings (SSSR count). The van der Waals surface area contributed by atoms with Crippen LogP contribution in [-0.4, -0.2) is 35.9 Å². The number of nitrogens with two attached hydrogens (primary N) is 1. The molecule has 0 saturated carbocycles. The van der Waals surface area contributed by atoms with Crippen LogP contribution in [0, 0.1) is 0 Å². The quantitative estimate of drug-likeness (QED) is 0.0502. The summed E-state index contributed by atoms with van der Waals surface area (Å²) in [6, 6.07) is 31.1. The van der Waals surface area contributed by atoms with Crippen molar-refractivity contribution in [2.45, 2.75) is 81.5 Å². The highest BCUT2D eigenvalue weighted by atomic mass is 32.2. The first kappa shape index (κ1) is 36.9. The van der Waals surface area contributed by atoms with Gasteiger partial charge in [-0.25, -0.2) is 0 Å². The molecular formula is C40H47N3O6S. The van der Waals surface area contributed by atoms with Gasteiger partial charge in [0.15, 0.2) is 6.29 Å². The number of hydrogen-bond acceptors (Lipinski definition) is 8. The number of hydrogen-bond donors (Lipinski definition) is 4. The summed E-state index contributed by atoms with van der Waals surface area (Å²) in [6.45, 7) is 0.433. The lowest BCUT2D eigenvalue weighted by Crippen LogP contribution is -2.31. The molecule has 1 aliphatic heterocycles. The first-order chi connectivity index (χ1) is 24.4. The predicted molar refractivity (Wildman–Crippen MR) is 198 cm³/mol. The van der Waals surface area contributed by atoms with Gasteiger partial charge in [0, 0.05) is 42.0 Å². The first-order valence-corrected chi connectivity index (χ1v) is 18.2. The molecule has 5 N–H and O–H groups in total. The van der Waals surface area contributed by atoms with Gasteiger partial charge in [0.05, 0.1) is 37.3 Å². The zero-order valence-electron chi connectivity index (χ0n) is 28.5. The molecule has 3 atom stereocenters. The molecule has 9 nitrogen and oxygen atoms in total. The average molecular weight is 698 g/mol. The summed E-state index contributed by atoms with van der Waals surface area (Å²) >= 11 is 1.70. The number of ether oxygens (including phenoxy) is 3. The molecule has 0 unspecified atom stereocenters. The minimum absolute atomic E-state index is 0.00347. The van der Waals surface area contributed by atoms with Crippen LogP contribution in [0.2, 0.25) is 0 Å². The van der Waals surface area contributed by atoms with Gasteiger partial charge in [-0.05, 0) is 53.8 Å². The fourth-order valence-electron chi connectivity index (χ4n) is 5.77. The molecule has 4 aromatic carbocycles. The SMILES string of the molecule is COc1ccccc1SC[C@H]1C[C@@H](c2ccc(CO)cc2)O[C@@H](c2ccc(CNC(=O)CCCCCCC(=O)Nc3ccccc3N)cc2)O1. The number of methoxy groups -OCH3 is 1. The molecule has 1 heterocycles.